The van der Waals surface area contributed by atoms with E-state index < -0.39 is 10.0 Å². The fraction of sp³-hybridized carbons (Fsp3) is 0.368. The fourth-order valence-electron chi connectivity index (χ4n) is 3.05. The lowest BCUT2D eigenvalue weighted by Gasteiger charge is -2.31. The summed E-state index contributed by atoms with van der Waals surface area (Å²) in [5.74, 6) is 0.645. The molecule has 0 bridgehead atoms. The predicted molar refractivity (Wildman–Crippen MR) is 94.6 cm³/mol. The van der Waals surface area contributed by atoms with Crippen LogP contribution in [-0.4, -0.2) is 32.4 Å². The Morgan fingerprint density at radius 3 is 2.36 bits per heavy atom. The molecule has 3 rings (SSSR count). The summed E-state index contributed by atoms with van der Waals surface area (Å²) >= 11 is 0. The number of halogens is 1. The first-order chi connectivity index (χ1) is 12.0. The van der Waals surface area contributed by atoms with E-state index in [1.807, 2.05) is 19.1 Å². The molecule has 134 valence electrons. The molecule has 4 nitrogen and oxygen atoms in total. The van der Waals surface area contributed by atoms with Gasteiger partial charge in [0, 0.05) is 13.1 Å². The van der Waals surface area contributed by atoms with Crippen molar-refractivity contribution in [2.45, 2.75) is 24.7 Å². The van der Waals surface area contributed by atoms with Gasteiger partial charge in [-0.05, 0) is 61.6 Å². The lowest BCUT2D eigenvalue weighted by Crippen LogP contribution is -2.39. The van der Waals surface area contributed by atoms with Crippen molar-refractivity contribution in [3.05, 3.63) is 59.9 Å². The van der Waals surface area contributed by atoms with E-state index in [1.54, 1.807) is 28.6 Å². The summed E-state index contributed by atoms with van der Waals surface area (Å²) in [6, 6.07) is 13.0. The Morgan fingerprint density at radius 1 is 1.08 bits per heavy atom. The molecule has 0 aliphatic carbocycles. The first kappa shape index (κ1) is 17.9. The van der Waals surface area contributed by atoms with Crippen LogP contribution in [-0.2, 0) is 10.0 Å². The van der Waals surface area contributed by atoms with E-state index in [4.69, 9.17) is 4.74 Å². The summed E-state index contributed by atoms with van der Waals surface area (Å²) < 4.78 is 45.7. The van der Waals surface area contributed by atoms with Crippen LogP contribution in [0.5, 0.6) is 5.75 Å². The lowest BCUT2D eigenvalue weighted by molar-refractivity contribution is 0.185. The van der Waals surface area contributed by atoms with E-state index in [-0.39, 0.29) is 5.82 Å². The molecule has 0 N–H and O–H groups in total. The molecule has 0 radical (unpaired) electrons. The fourth-order valence-corrected chi connectivity index (χ4v) is 4.74. The van der Waals surface area contributed by atoms with Gasteiger partial charge in [0.05, 0.1) is 11.5 Å². The Morgan fingerprint density at radius 2 is 1.72 bits per heavy atom. The number of rotatable bonds is 5. The standard InChI is InChI=1S/C19H22FNO3S/c1-15-4-2-3-5-19(15)25(22,23)21-12-10-16(11-13-21)14-24-18-8-6-17(20)7-9-18/h2-9,16H,10-14H2,1H3. The van der Waals surface area contributed by atoms with Gasteiger partial charge in [-0.3, -0.25) is 0 Å². The van der Waals surface area contributed by atoms with Crippen LogP contribution in [0.25, 0.3) is 0 Å². The van der Waals surface area contributed by atoms with Crippen molar-refractivity contribution in [1.29, 1.82) is 0 Å². The highest BCUT2D eigenvalue weighted by molar-refractivity contribution is 7.89. The van der Waals surface area contributed by atoms with Crippen LogP contribution in [0.2, 0.25) is 0 Å². The summed E-state index contributed by atoms with van der Waals surface area (Å²) in [6.45, 7) is 3.32. The van der Waals surface area contributed by atoms with Crippen LogP contribution < -0.4 is 4.74 Å². The van der Waals surface area contributed by atoms with Crippen molar-refractivity contribution in [2.24, 2.45) is 5.92 Å². The Kier molecular flexibility index (Phi) is 5.39. The van der Waals surface area contributed by atoms with E-state index in [9.17, 15) is 12.8 Å². The van der Waals surface area contributed by atoms with E-state index in [0.29, 0.717) is 36.3 Å². The largest absolute Gasteiger partial charge is 0.493 e. The molecule has 2 aromatic rings. The minimum Gasteiger partial charge on any atom is -0.493 e. The summed E-state index contributed by atoms with van der Waals surface area (Å²) in [6.07, 6.45) is 1.51. The molecule has 1 fully saturated rings. The number of nitrogens with zero attached hydrogens (tertiary/aromatic N) is 1. The average molecular weight is 363 g/mol. The molecule has 1 aliphatic rings. The maximum Gasteiger partial charge on any atom is 0.243 e. The molecule has 0 amide bonds. The average Bonchev–Trinajstić information content (AvgIpc) is 2.62. The molecule has 1 heterocycles. The summed E-state index contributed by atoms with van der Waals surface area (Å²) in [5, 5.41) is 0. The highest BCUT2D eigenvalue weighted by atomic mass is 32.2. The van der Waals surface area contributed by atoms with Gasteiger partial charge in [0.2, 0.25) is 10.0 Å². The zero-order valence-electron chi connectivity index (χ0n) is 14.2. The maximum atomic E-state index is 12.9. The maximum absolute atomic E-state index is 12.9. The zero-order valence-corrected chi connectivity index (χ0v) is 15.0. The van der Waals surface area contributed by atoms with Gasteiger partial charge in [-0.15, -0.1) is 0 Å². The van der Waals surface area contributed by atoms with Gasteiger partial charge in [-0.1, -0.05) is 18.2 Å². The van der Waals surface area contributed by atoms with Crippen molar-refractivity contribution in [1.82, 2.24) is 4.31 Å². The molecule has 0 aromatic heterocycles. The lowest BCUT2D eigenvalue weighted by atomic mass is 9.99. The SMILES string of the molecule is Cc1ccccc1S(=O)(=O)N1CCC(COc2ccc(F)cc2)CC1. The Bertz CT molecular complexity index is 813. The van der Waals surface area contributed by atoms with Gasteiger partial charge in [0.15, 0.2) is 0 Å². The quantitative estimate of drug-likeness (QED) is 0.815. The molecule has 6 heteroatoms. The molecule has 0 unspecified atom stereocenters. The van der Waals surface area contributed by atoms with Gasteiger partial charge in [-0.2, -0.15) is 4.31 Å². The number of ether oxygens (including phenoxy) is 1. The van der Waals surface area contributed by atoms with Crippen molar-refractivity contribution < 1.29 is 17.5 Å². The molecule has 1 saturated heterocycles. The van der Waals surface area contributed by atoms with Gasteiger partial charge < -0.3 is 4.74 Å². The van der Waals surface area contributed by atoms with E-state index in [1.165, 1.54) is 12.1 Å². The van der Waals surface area contributed by atoms with Crippen molar-refractivity contribution in [2.75, 3.05) is 19.7 Å². The molecular weight excluding hydrogens is 341 g/mol. The molecule has 0 saturated carbocycles. The van der Waals surface area contributed by atoms with Crippen LogP contribution in [0.1, 0.15) is 18.4 Å². The number of aryl methyl sites for hydroxylation is 1. The number of hydrogen-bond acceptors (Lipinski definition) is 3. The van der Waals surface area contributed by atoms with E-state index >= 15 is 0 Å². The second kappa shape index (κ2) is 7.54. The second-order valence-corrected chi connectivity index (χ2v) is 8.28. The van der Waals surface area contributed by atoms with Crippen molar-refractivity contribution in [3.63, 3.8) is 0 Å². The predicted octanol–water partition coefficient (Wildman–Crippen LogP) is 3.61. The van der Waals surface area contributed by atoms with Gasteiger partial charge in [0.25, 0.3) is 0 Å². The molecular formula is C19H22FNO3S. The monoisotopic (exact) mass is 363 g/mol. The number of piperidine rings is 1. The van der Waals surface area contributed by atoms with Gasteiger partial charge >= 0.3 is 0 Å². The summed E-state index contributed by atoms with van der Waals surface area (Å²) in [4.78, 5) is 0.385. The number of sulfonamides is 1. The smallest absolute Gasteiger partial charge is 0.243 e. The van der Waals surface area contributed by atoms with Crippen LogP contribution in [0.4, 0.5) is 4.39 Å². The van der Waals surface area contributed by atoms with E-state index in [0.717, 1.165) is 18.4 Å². The Hall–Kier alpha value is -1.92. The Balaban J connectivity index is 1.56. The molecule has 0 spiro atoms. The summed E-state index contributed by atoms with van der Waals surface area (Å²) in [7, 11) is -3.44. The number of hydrogen-bond donors (Lipinski definition) is 0. The molecule has 2 aromatic carbocycles. The van der Waals surface area contributed by atoms with Crippen molar-refractivity contribution in [3.8, 4) is 5.75 Å². The van der Waals surface area contributed by atoms with E-state index in [2.05, 4.69) is 0 Å². The first-order valence-electron chi connectivity index (χ1n) is 8.41. The minimum absolute atomic E-state index is 0.290. The Labute approximate surface area is 148 Å². The van der Waals surface area contributed by atoms with Gasteiger partial charge in [-0.25, -0.2) is 12.8 Å². The summed E-state index contributed by atoms with van der Waals surface area (Å²) in [5.41, 5.74) is 0.768. The van der Waals surface area contributed by atoms with Crippen molar-refractivity contribution >= 4 is 10.0 Å². The minimum atomic E-state index is -3.44. The molecule has 0 atom stereocenters. The third-order valence-electron chi connectivity index (χ3n) is 4.58. The normalized spacial score (nSPS) is 16.7. The number of benzene rings is 2. The molecule has 25 heavy (non-hydrogen) atoms. The van der Waals surface area contributed by atoms with Crippen LogP contribution in [0.3, 0.4) is 0 Å². The first-order valence-corrected chi connectivity index (χ1v) is 9.85. The zero-order chi connectivity index (χ0) is 17.9. The molecule has 1 aliphatic heterocycles. The van der Waals surface area contributed by atoms with Gasteiger partial charge in [0.1, 0.15) is 11.6 Å². The third-order valence-corrected chi connectivity index (χ3v) is 6.64. The van der Waals surface area contributed by atoms with Crippen LogP contribution in [0, 0.1) is 18.7 Å². The highest BCUT2D eigenvalue weighted by Crippen LogP contribution is 2.26. The second-order valence-electron chi connectivity index (χ2n) is 6.38. The highest BCUT2D eigenvalue weighted by Gasteiger charge is 2.30. The van der Waals surface area contributed by atoms with Crippen LogP contribution in [0.15, 0.2) is 53.4 Å². The third kappa shape index (κ3) is 4.19. The topological polar surface area (TPSA) is 46.6 Å². The van der Waals surface area contributed by atoms with Crippen LogP contribution >= 0.6 is 0 Å².